The van der Waals surface area contributed by atoms with E-state index < -0.39 is 8.07 Å². The molecule has 0 amide bonds. The van der Waals surface area contributed by atoms with Crippen LogP contribution in [0, 0.1) is 18.7 Å². The molecular formula is C19H26FNSi. The highest BCUT2D eigenvalue weighted by Crippen LogP contribution is 2.22. The average Bonchev–Trinajstić information content (AvgIpc) is 2.40. The zero-order valence-corrected chi connectivity index (χ0v) is 15.5. The summed E-state index contributed by atoms with van der Waals surface area (Å²) >= 11 is 0. The quantitative estimate of drug-likeness (QED) is 0.728. The third-order valence-corrected chi connectivity index (χ3v) is 5.96. The topological polar surface area (TPSA) is 12.9 Å². The number of hydrogen-bond acceptors (Lipinski definition) is 1. The lowest BCUT2D eigenvalue weighted by Gasteiger charge is -2.22. The molecule has 0 bridgehead atoms. The van der Waals surface area contributed by atoms with E-state index in [1.54, 1.807) is 13.0 Å². The average molecular weight is 316 g/mol. The Bertz CT molecular complexity index is 672. The molecule has 0 aliphatic heterocycles. The third kappa shape index (κ3) is 3.83. The summed E-state index contributed by atoms with van der Waals surface area (Å²) in [6.45, 7) is 13.3. The van der Waals surface area contributed by atoms with Gasteiger partial charge in [-0.15, -0.1) is 0 Å². The highest BCUT2D eigenvalue weighted by Gasteiger charge is 2.21. The van der Waals surface area contributed by atoms with Crippen LogP contribution in [-0.4, -0.2) is 13.1 Å². The molecule has 0 aliphatic carbocycles. The maximum Gasteiger partial charge on any atom is 0.126 e. The standard InChI is InChI=1S/C19H26FNSi/c1-13(2)9-16-11-18(21-12-19(16)22(4,5)6)15-8-7-14(3)17(20)10-15/h7-8,10-13H,9H2,1-6H3. The Morgan fingerprint density at radius 3 is 2.36 bits per heavy atom. The molecule has 0 saturated heterocycles. The summed E-state index contributed by atoms with van der Waals surface area (Å²) in [5, 5.41) is 1.41. The van der Waals surface area contributed by atoms with Crippen molar-refractivity contribution in [2.45, 2.75) is 46.8 Å². The molecule has 2 rings (SSSR count). The molecular weight excluding hydrogens is 289 g/mol. The van der Waals surface area contributed by atoms with Crippen LogP contribution >= 0.6 is 0 Å². The maximum absolute atomic E-state index is 13.8. The van der Waals surface area contributed by atoms with Gasteiger partial charge < -0.3 is 0 Å². The predicted octanol–water partition coefficient (Wildman–Crippen LogP) is 4.94. The van der Waals surface area contributed by atoms with E-state index in [1.807, 2.05) is 18.3 Å². The van der Waals surface area contributed by atoms with E-state index in [9.17, 15) is 4.39 Å². The first-order valence-electron chi connectivity index (χ1n) is 7.94. The van der Waals surface area contributed by atoms with Crippen LogP contribution < -0.4 is 5.19 Å². The van der Waals surface area contributed by atoms with Crippen LogP contribution in [0.2, 0.25) is 19.6 Å². The van der Waals surface area contributed by atoms with Gasteiger partial charge in [-0.25, -0.2) is 4.39 Å². The lowest BCUT2D eigenvalue weighted by Crippen LogP contribution is -2.40. The van der Waals surface area contributed by atoms with Crippen molar-refractivity contribution in [3.8, 4) is 11.3 Å². The molecule has 0 aliphatic rings. The maximum atomic E-state index is 13.8. The Hall–Kier alpha value is -1.48. The van der Waals surface area contributed by atoms with Crippen LogP contribution in [0.3, 0.4) is 0 Å². The highest BCUT2D eigenvalue weighted by molar-refractivity contribution is 6.89. The molecule has 2 aromatic rings. The Morgan fingerprint density at radius 1 is 1.14 bits per heavy atom. The van der Waals surface area contributed by atoms with Crippen LogP contribution in [0.1, 0.15) is 25.0 Å². The van der Waals surface area contributed by atoms with E-state index in [4.69, 9.17) is 0 Å². The lowest BCUT2D eigenvalue weighted by atomic mass is 10.0. The fraction of sp³-hybridized carbons (Fsp3) is 0.421. The number of halogens is 1. The van der Waals surface area contributed by atoms with Crippen LogP contribution in [0.15, 0.2) is 30.5 Å². The van der Waals surface area contributed by atoms with Crippen molar-refractivity contribution in [1.82, 2.24) is 4.98 Å². The molecule has 1 aromatic heterocycles. The van der Waals surface area contributed by atoms with Gasteiger partial charge in [-0.2, -0.15) is 0 Å². The summed E-state index contributed by atoms with van der Waals surface area (Å²) in [6.07, 6.45) is 3.07. The lowest BCUT2D eigenvalue weighted by molar-refractivity contribution is 0.619. The minimum atomic E-state index is -1.43. The molecule has 22 heavy (non-hydrogen) atoms. The molecule has 0 spiro atoms. The van der Waals surface area contributed by atoms with Gasteiger partial charge in [0.05, 0.1) is 13.8 Å². The van der Waals surface area contributed by atoms with Crippen molar-refractivity contribution in [3.63, 3.8) is 0 Å². The molecule has 0 atom stereocenters. The Balaban J connectivity index is 2.52. The third-order valence-electron chi connectivity index (χ3n) is 3.89. The number of aryl methyl sites for hydroxylation is 1. The van der Waals surface area contributed by atoms with Crippen molar-refractivity contribution in [2.24, 2.45) is 5.92 Å². The SMILES string of the molecule is Cc1ccc(-c2cc(CC(C)C)c([Si](C)(C)C)cn2)cc1F. The van der Waals surface area contributed by atoms with Crippen molar-refractivity contribution in [1.29, 1.82) is 0 Å². The predicted molar refractivity (Wildman–Crippen MR) is 95.9 cm³/mol. The summed E-state index contributed by atoms with van der Waals surface area (Å²) < 4.78 is 13.8. The van der Waals surface area contributed by atoms with Gasteiger partial charge in [-0.3, -0.25) is 4.98 Å². The van der Waals surface area contributed by atoms with E-state index in [2.05, 4.69) is 44.5 Å². The van der Waals surface area contributed by atoms with Gasteiger partial charge in [0.25, 0.3) is 0 Å². The summed E-state index contributed by atoms with van der Waals surface area (Å²) in [6, 6.07) is 7.53. The number of aromatic nitrogens is 1. The smallest absolute Gasteiger partial charge is 0.126 e. The number of hydrogen-bond donors (Lipinski definition) is 0. The molecule has 1 nitrogen and oxygen atoms in total. The second-order valence-electron chi connectivity index (χ2n) is 7.54. The highest BCUT2D eigenvalue weighted by atomic mass is 28.3. The van der Waals surface area contributed by atoms with Crippen molar-refractivity contribution < 1.29 is 4.39 Å². The first-order valence-corrected chi connectivity index (χ1v) is 11.4. The van der Waals surface area contributed by atoms with Gasteiger partial charge >= 0.3 is 0 Å². The summed E-state index contributed by atoms with van der Waals surface area (Å²) in [4.78, 5) is 4.62. The van der Waals surface area contributed by atoms with E-state index in [0.717, 1.165) is 17.7 Å². The Kier molecular flexibility index (Phi) is 4.86. The largest absolute Gasteiger partial charge is 0.256 e. The van der Waals surface area contributed by atoms with Crippen molar-refractivity contribution in [2.75, 3.05) is 0 Å². The molecule has 1 heterocycles. The minimum absolute atomic E-state index is 0.168. The van der Waals surface area contributed by atoms with Crippen LogP contribution in [0.25, 0.3) is 11.3 Å². The number of nitrogens with zero attached hydrogens (tertiary/aromatic N) is 1. The second kappa shape index (κ2) is 6.33. The Morgan fingerprint density at radius 2 is 1.82 bits per heavy atom. The van der Waals surface area contributed by atoms with Gasteiger partial charge in [-0.05, 0) is 47.7 Å². The molecule has 0 N–H and O–H groups in total. The summed E-state index contributed by atoms with van der Waals surface area (Å²) in [5.74, 6) is 0.430. The van der Waals surface area contributed by atoms with Gasteiger partial charge in [0, 0.05) is 11.8 Å². The van der Waals surface area contributed by atoms with E-state index >= 15 is 0 Å². The number of pyridine rings is 1. The van der Waals surface area contributed by atoms with E-state index in [1.165, 1.54) is 10.8 Å². The van der Waals surface area contributed by atoms with Crippen molar-refractivity contribution >= 4 is 13.3 Å². The zero-order valence-electron chi connectivity index (χ0n) is 14.5. The summed E-state index contributed by atoms with van der Waals surface area (Å²) in [5.41, 5.74) is 3.77. The molecule has 118 valence electrons. The summed E-state index contributed by atoms with van der Waals surface area (Å²) in [7, 11) is -1.43. The first-order chi connectivity index (χ1) is 10.2. The number of rotatable bonds is 4. The fourth-order valence-corrected chi connectivity index (χ4v) is 4.28. The Labute approximate surface area is 134 Å². The molecule has 0 unspecified atom stereocenters. The van der Waals surface area contributed by atoms with Gasteiger partial charge in [0.1, 0.15) is 5.82 Å². The van der Waals surface area contributed by atoms with Gasteiger partial charge in [0.2, 0.25) is 0 Å². The number of benzene rings is 1. The van der Waals surface area contributed by atoms with Crippen LogP contribution in [0.4, 0.5) is 4.39 Å². The van der Waals surface area contributed by atoms with E-state index in [0.29, 0.717) is 11.5 Å². The first kappa shape index (κ1) is 16.9. The van der Waals surface area contributed by atoms with Gasteiger partial charge in [0.15, 0.2) is 0 Å². The zero-order chi connectivity index (χ0) is 16.5. The monoisotopic (exact) mass is 315 g/mol. The molecule has 1 aromatic carbocycles. The van der Waals surface area contributed by atoms with Crippen LogP contribution in [0.5, 0.6) is 0 Å². The minimum Gasteiger partial charge on any atom is -0.256 e. The molecule has 3 heteroatoms. The van der Waals surface area contributed by atoms with Gasteiger partial charge in [-0.1, -0.05) is 45.6 Å². The fourth-order valence-electron chi connectivity index (χ4n) is 2.69. The van der Waals surface area contributed by atoms with Crippen LogP contribution in [-0.2, 0) is 6.42 Å². The normalized spacial score (nSPS) is 12.0. The molecule has 0 saturated carbocycles. The van der Waals surface area contributed by atoms with Crippen molar-refractivity contribution in [3.05, 3.63) is 47.4 Å². The van der Waals surface area contributed by atoms with E-state index in [-0.39, 0.29) is 5.82 Å². The molecule has 0 radical (unpaired) electrons. The second-order valence-corrected chi connectivity index (χ2v) is 12.6. The molecule has 0 fully saturated rings.